The van der Waals surface area contributed by atoms with Crippen LogP contribution in [-0.2, 0) is 26.2 Å². The van der Waals surface area contributed by atoms with E-state index in [2.05, 4.69) is 5.32 Å². The van der Waals surface area contributed by atoms with E-state index in [-0.39, 0.29) is 23.0 Å². The quantitative estimate of drug-likeness (QED) is 0.272. The molecule has 8 nitrogen and oxygen atoms in total. The van der Waals surface area contributed by atoms with Crippen LogP contribution < -0.4 is 14.4 Å². The maximum atomic E-state index is 14.3. The summed E-state index contributed by atoms with van der Waals surface area (Å²) in [6.45, 7) is 11.0. The highest BCUT2D eigenvalue weighted by Crippen LogP contribution is 2.33. The lowest BCUT2D eigenvalue weighted by molar-refractivity contribution is -0.141. The fourth-order valence-electron chi connectivity index (χ4n) is 4.57. The van der Waals surface area contributed by atoms with Gasteiger partial charge in [-0.3, -0.25) is 13.9 Å². The van der Waals surface area contributed by atoms with Gasteiger partial charge < -0.3 is 15.0 Å². The molecule has 0 aromatic heterocycles. The van der Waals surface area contributed by atoms with Gasteiger partial charge in [-0.15, -0.1) is 0 Å². The molecule has 0 aliphatic heterocycles. The van der Waals surface area contributed by atoms with Gasteiger partial charge >= 0.3 is 0 Å². The lowest BCUT2D eigenvalue weighted by atomic mass is 10.0. The molecular weight excluding hydrogens is 574 g/mol. The number of carbonyl (C=O) groups is 2. The van der Waals surface area contributed by atoms with Crippen LogP contribution in [0.4, 0.5) is 5.69 Å². The Morgan fingerprint density at radius 1 is 0.976 bits per heavy atom. The Kier molecular flexibility index (Phi) is 11.0. The van der Waals surface area contributed by atoms with E-state index < -0.39 is 34.1 Å². The molecule has 42 heavy (non-hydrogen) atoms. The van der Waals surface area contributed by atoms with Crippen molar-refractivity contribution in [2.75, 3.05) is 17.5 Å². The second-order valence-corrected chi connectivity index (χ2v) is 13.3. The van der Waals surface area contributed by atoms with E-state index in [1.165, 1.54) is 29.2 Å². The Bertz CT molecular complexity index is 1490. The van der Waals surface area contributed by atoms with Gasteiger partial charge in [0.1, 0.15) is 18.3 Å². The summed E-state index contributed by atoms with van der Waals surface area (Å²) in [5.74, 6) is -0.530. The van der Waals surface area contributed by atoms with Crippen molar-refractivity contribution in [2.45, 2.75) is 71.0 Å². The predicted molar refractivity (Wildman–Crippen MR) is 167 cm³/mol. The molecule has 2 amide bonds. The van der Waals surface area contributed by atoms with Crippen molar-refractivity contribution >= 4 is 39.1 Å². The van der Waals surface area contributed by atoms with Crippen molar-refractivity contribution in [1.29, 1.82) is 0 Å². The highest BCUT2D eigenvalue weighted by atomic mass is 35.5. The van der Waals surface area contributed by atoms with Gasteiger partial charge in [-0.1, -0.05) is 60.5 Å². The lowest BCUT2D eigenvalue weighted by Gasteiger charge is -2.35. The normalized spacial score (nSPS) is 12.4. The maximum absolute atomic E-state index is 14.3. The molecule has 0 saturated heterocycles. The number of nitrogens with zero attached hydrogens (tertiary/aromatic N) is 2. The monoisotopic (exact) mass is 613 g/mol. The smallest absolute Gasteiger partial charge is 0.264 e. The molecule has 0 spiro atoms. The third kappa shape index (κ3) is 8.49. The van der Waals surface area contributed by atoms with Crippen molar-refractivity contribution in [1.82, 2.24) is 10.2 Å². The van der Waals surface area contributed by atoms with E-state index in [0.29, 0.717) is 23.8 Å². The van der Waals surface area contributed by atoms with Crippen LogP contribution in [0.5, 0.6) is 5.75 Å². The summed E-state index contributed by atoms with van der Waals surface area (Å²) in [7, 11) is -4.25. The van der Waals surface area contributed by atoms with Crippen molar-refractivity contribution < 1.29 is 22.7 Å². The zero-order valence-corrected chi connectivity index (χ0v) is 26.6. The minimum absolute atomic E-state index is 0.0336. The molecule has 0 heterocycles. The van der Waals surface area contributed by atoms with Crippen molar-refractivity contribution in [3.8, 4) is 5.75 Å². The molecule has 226 valence electrons. The van der Waals surface area contributed by atoms with Crippen LogP contribution >= 0.6 is 11.6 Å². The number of amides is 2. The summed E-state index contributed by atoms with van der Waals surface area (Å²) >= 11 is 6.04. The van der Waals surface area contributed by atoms with E-state index in [9.17, 15) is 18.0 Å². The van der Waals surface area contributed by atoms with Crippen LogP contribution in [0.25, 0.3) is 0 Å². The second kappa shape index (κ2) is 14.1. The molecule has 3 aromatic rings. The summed E-state index contributed by atoms with van der Waals surface area (Å²) in [6, 6.07) is 19.3. The number of carbonyl (C=O) groups excluding carboxylic acids is 2. The van der Waals surface area contributed by atoms with E-state index >= 15 is 0 Å². The Balaban J connectivity index is 2.13. The minimum Gasteiger partial charge on any atom is -0.492 e. The van der Waals surface area contributed by atoms with E-state index in [1.807, 2.05) is 58.9 Å². The Morgan fingerprint density at radius 3 is 2.24 bits per heavy atom. The number of hydrogen-bond donors (Lipinski definition) is 1. The largest absolute Gasteiger partial charge is 0.492 e. The standard InChI is InChI=1S/C32H40ClN3O5S/c1-7-27(31(38)34-32(4,5)6)35(21-24-13-11-12-23(3)20-24)30(37)22-36(28-14-9-10-15-29(28)41-8-2)42(39,40)26-18-16-25(33)17-19-26/h9-20,27H,7-8,21-22H2,1-6H3,(H,34,38)/t27-/m1/s1. The third-order valence-electron chi connectivity index (χ3n) is 6.43. The van der Waals surface area contributed by atoms with E-state index in [0.717, 1.165) is 15.4 Å². The number of halogens is 1. The fraction of sp³-hybridized carbons (Fsp3) is 0.375. The SMILES string of the molecule is CCOc1ccccc1N(CC(=O)N(Cc1cccc(C)c1)[C@H](CC)C(=O)NC(C)(C)C)S(=O)(=O)c1ccc(Cl)cc1. The van der Waals surface area contributed by atoms with Crippen molar-refractivity contribution in [2.24, 2.45) is 0 Å². The van der Waals surface area contributed by atoms with Crippen LogP contribution in [-0.4, -0.2) is 49.9 Å². The van der Waals surface area contributed by atoms with Crippen LogP contribution in [0.1, 0.15) is 52.2 Å². The molecule has 0 saturated carbocycles. The Hall–Kier alpha value is -3.56. The topological polar surface area (TPSA) is 96.0 Å². The molecule has 1 N–H and O–H groups in total. The first kappa shape index (κ1) is 32.9. The van der Waals surface area contributed by atoms with Crippen LogP contribution in [0.3, 0.4) is 0 Å². The van der Waals surface area contributed by atoms with Crippen molar-refractivity contribution in [3.63, 3.8) is 0 Å². The van der Waals surface area contributed by atoms with Crippen LogP contribution in [0, 0.1) is 6.92 Å². The highest BCUT2D eigenvalue weighted by molar-refractivity contribution is 7.92. The van der Waals surface area contributed by atoms with Crippen LogP contribution in [0.2, 0.25) is 5.02 Å². The molecular formula is C32H40ClN3O5S. The second-order valence-electron chi connectivity index (χ2n) is 11.0. The Labute approximate surface area is 254 Å². The summed E-state index contributed by atoms with van der Waals surface area (Å²) in [5, 5.41) is 3.36. The van der Waals surface area contributed by atoms with Gasteiger partial charge in [0.25, 0.3) is 10.0 Å². The number of benzene rings is 3. The number of aryl methyl sites for hydroxylation is 1. The first-order valence-corrected chi connectivity index (χ1v) is 15.8. The van der Waals surface area contributed by atoms with Gasteiger partial charge in [0.2, 0.25) is 11.8 Å². The van der Waals surface area contributed by atoms with Gasteiger partial charge in [-0.2, -0.15) is 0 Å². The van der Waals surface area contributed by atoms with Gasteiger partial charge in [0, 0.05) is 17.1 Å². The summed E-state index contributed by atoms with van der Waals surface area (Å²) in [6.07, 6.45) is 0.332. The molecule has 0 unspecified atom stereocenters. The predicted octanol–water partition coefficient (Wildman–Crippen LogP) is 5.96. The minimum atomic E-state index is -4.25. The van der Waals surface area contributed by atoms with E-state index in [1.54, 1.807) is 31.2 Å². The molecule has 1 atom stereocenters. The van der Waals surface area contributed by atoms with Crippen LogP contribution in [0.15, 0.2) is 77.7 Å². The van der Waals surface area contributed by atoms with Gasteiger partial charge in [-0.05, 0) is 83.0 Å². The zero-order valence-electron chi connectivity index (χ0n) is 25.1. The maximum Gasteiger partial charge on any atom is 0.264 e. The number of para-hydroxylation sites is 2. The average molecular weight is 614 g/mol. The number of anilines is 1. The zero-order chi connectivity index (χ0) is 31.1. The van der Waals surface area contributed by atoms with Gasteiger partial charge in [0.15, 0.2) is 0 Å². The number of hydrogen-bond acceptors (Lipinski definition) is 5. The molecule has 3 rings (SSSR count). The van der Waals surface area contributed by atoms with Crippen molar-refractivity contribution in [3.05, 3.63) is 88.9 Å². The Morgan fingerprint density at radius 2 is 1.64 bits per heavy atom. The molecule has 0 bridgehead atoms. The number of ether oxygens (including phenoxy) is 1. The molecule has 3 aromatic carbocycles. The first-order valence-electron chi connectivity index (χ1n) is 13.9. The first-order chi connectivity index (χ1) is 19.8. The summed E-state index contributed by atoms with van der Waals surface area (Å²) in [4.78, 5) is 29.2. The fourth-order valence-corrected chi connectivity index (χ4v) is 6.12. The molecule has 0 aliphatic rings. The van der Waals surface area contributed by atoms with Gasteiger partial charge in [-0.25, -0.2) is 8.42 Å². The van der Waals surface area contributed by atoms with E-state index in [4.69, 9.17) is 16.3 Å². The molecule has 10 heteroatoms. The number of nitrogens with one attached hydrogen (secondary N) is 1. The highest BCUT2D eigenvalue weighted by Gasteiger charge is 2.35. The third-order valence-corrected chi connectivity index (χ3v) is 8.46. The lowest BCUT2D eigenvalue weighted by Crippen LogP contribution is -2.55. The molecule has 0 aliphatic carbocycles. The summed E-state index contributed by atoms with van der Waals surface area (Å²) in [5.41, 5.74) is 1.52. The van der Waals surface area contributed by atoms with Gasteiger partial charge in [0.05, 0.1) is 17.2 Å². The number of sulfonamides is 1. The average Bonchev–Trinajstić information content (AvgIpc) is 2.91. The number of rotatable bonds is 12. The molecule has 0 radical (unpaired) electrons. The molecule has 0 fully saturated rings. The summed E-state index contributed by atoms with van der Waals surface area (Å²) < 4.78 is 35.0.